The fraction of sp³-hybridized carbons (Fsp3) is 0.304. The molecule has 0 bridgehead atoms. The van der Waals surface area contributed by atoms with Gasteiger partial charge in [0, 0.05) is 13.1 Å². The highest BCUT2D eigenvalue weighted by atomic mass is 16.5. The molecule has 3 aromatic rings. The van der Waals surface area contributed by atoms with Crippen molar-refractivity contribution >= 4 is 0 Å². The van der Waals surface area contributed by atoms with E-state index in [2.05, 4.69) is 10.3 Å². The first-order chi connectivity index (χ1) is 15.0. The van der Waals surface area contributed by atoms with Crippen molar-refractivity contribution in [2.24, 2.45) is 0 Å². The molecular weight excluding hydrogens is 398 g/mol. The van der Waals surface area contributed by atoms with Gasteiger partial charge in [0.2, 0.25) is 5.88 Å². The molecule has 8 nitrogen and oxygen atoms in total. The number of methoxy groups -OCH3 is 2. The Hall–Kier alpha value is -3.52. The normalized spacial score (nSPS) is 15.4. The van der Waals surface area contributed by atoms with Gasteiger partial charge in [-0.15, -0.1) is 0 Å². The molecule has 1 atom stereocenters. The maximum Gasteiger partial charge on any atom is 0.331 e. The Kier molecular flexibility index (Phi) is 5.81. The quantitative estimate of drug-likeness (QED) is 0.558. The van der Waals surface area contributed by atoms with Gasteiger partial charge in [-0.2, -0.15) is 0 Å². The van der Waals surface area contributed by atoms with Crippen LogP contribution in [0.2, 0.25) is 0 Å². The van der Waals surface area contributed by atoms with Gasteiger partial charge in [0.05, 0.1) is 25.8 Å². The van der Waals surface area contributed by atoms with Crippen molar-refractivity contribution in [3.05, 3.63) is 85.6 Å². The highest BCUT2D eigenvalue weighted by Crippen LogP contribution is 2.38. The number of nitrogens with zero attached hydrogens (tertiary/aromatic N) is 1. The lowest BCUT2D eigenvalue weighted by atomic mass is 9.90. The highest BCUT2D eigenvalue weighted by Gasteiger charge is 2.30. The summed E-state index contributed by atoms with van der Waals surface area (Å²) >= 11 is 0. The van der Waals surface area contributed by atoms with Gasteiger partial charge in [-0.3, -0.25) is 14.3 Å². The van der Waals surface area contributed by atoms with Crippen LogP contribution in [0.3, 0.4) is 0 Å². The molecule has 0 saturated heterocycles. The average molecular weight is 423 g/mol. The molecule has 0 amide bonds. The van der Waals surface area contributed by atoms with Crippen molar-refractivity contribution in [1.29, 1.82) is 0 Å². The van der Waals surface area contributed by atoms with E-state index in [4.69, 9.17) is 9.47 Å². The third-order valence-electron chi connectivity index (χ3n) is 5.66. The van der Waals surface area contributed by atoms with Gasteiger partial charge < -0.3 is 19.9 Å². The Balaban J connectivity index is 1.77. The minimum Gasteiger partial charge on any atom is -0.494 e. The van der Waals surface area contributed by atoms with Crippen molar-refractivity contribution in [3.63, 3.8) is 0 Å². The summed E-state index contributed by atoms with van der Waals surface area (Å²) < 4.78 is 12.0. The van der Waals surface area contributed by atoms with Crippen LogP contribution in [0.4, 0.5) is 0 Å². The average Bonchev–Trinajstić information content (AvgIpc) is 2.78. The standard InChI is InChI=1S/C23H25N3O5/c1-30-17-12-15-8-10-24-20(16(15)13-18(17)31-2)19-21(27)25-23(29)26(22(19)28)11-9-14-6-4-3-5-7-14/h3-7,12-13,20,24,28H,8-11H2,1-2H3,(H,25,27,29)/t20-/m0/s1. The number of nitrogens with one attached hydrogen (secondary N) is 2. The number of rotatable bonds is 6. The summed E-state index contributed by atoms with van der Waals surface area (Å²) in [5.74, 6) is 0.806. The Labute approximate surface area is 179 Å². The van der Waals surface area contributed by atoms with Crippen molar-refractivity contribution in [1.82, 2.24) is 14.9 Å². The summed E-state index contributed by atoms with van der Waals surface area (Å²) in [6, 6.07) is 12.8. The molecule has 0 radical (unpaired) electrons. The van der Waals surface area contributed by atoms with Crippen molar-refractivity contribution in [2.45, 2.75) is 25.4 Å². The molecule has 0 unspecified atom stereocenters. The Morgan fingerprint density at radius 2 is 1.81 bits per heavy atom. The number of aryl methyl sites for hydroxylation is 1. The molecule has 0 spiro atoms. The van der Waals surface area contributed by atoms with Gasteiger partial charge >= 0.3 is 5.69 Å². The molecule has 1 aliphatic rings. The molecule has 31 heavy (non-hydrogen) atoms. The Bertz CT molecular complexity index is 1200. The number of aromatic nitrogens is 2. The van der Waals surface area contributed by atoms with Crippen LogP contribution < -0.4 is 26.0 Å². The highest BCUT2D eigenvalue weighted by molar-refractivity contribution is 5.52. The largest absolute Gasteiger partial charge is 0.494 e. The van der Waals surface area contributed by atoms with Crippen LogP contribution >= 0.6 is 0 Å². The van der Waals surface area contributed by atoms with Crippen molar-refractivity contribution in [2.75, 3.05) is 20.8 Å². The van der Waals surface area contributed by atoms with Gasteiger partial charge in [0.1, 0.15) is 0 Å². The summed E-state index contributed by atoms with van der Waals surface area (Å²) in [4.78, 5) is 27.5. The van der Waals surface area contributed by atoms with Crippen LogP contribution in [0.15, 0.2) is 52.1 Å². The SMILES string of the molecule is COc1cc2c(cc1OC)[C@@H](c1c(O)n(CCc3ccccc3)c(=O)[nH]c1=O)NCC2. The summed E-state index contributed by atoms with van der Waals surface area (Å²) in [5.41, 5.74) is 1.68. The van der Waals surface area contributed by atoms with E-state index in [1.54, 1.807) is 14.2 Å². The van der Waals surface area contributed by atoms with Crippen LogP contribution in [0.1, 0.15) is 28.3 Å². The van der Waals surface area contributed by atoms with Crippen LogP contribution in [-0.4, -0.2) is 35.4 Å². The van der Waals surface area contributed by atoms with Crippen LogP contribution in [0.5, 0.6) is 17.4 Å². The second-order valence-corrected chi connectivity index (χ2v) is 7.43. The zero-order valence-corrected chi connectivity index (χ0v) is 17.5. The first-order valence-electron chi connectivity index (χ1n) is 10.1. The topological polar surface area (TPSA) is 106 Å². The second kappa shape index (κ2) is 8.69. The first kappa shape index (κ1) is 20.7. The molecule has 1 aliphatic heterocycles. The molecule has 0 fully saturated rings. The number of aromatic amines is 1. The molecule has 8 heteroatoms. The molecule has 0 saturated carbocycles. The van der Waals surface area contributed by atoms with Crippen LogP contribution in [0.25, 0.3) is 0 Å². The third-order valence-corrected chi connectivity index (χ3v) is 5.66. The summed E-state index contributed by atoms with van der Waals surface area (Å²) in [6.45, 7) is 0.846. The molecule has 4 rings (SSSR count). The first-order valence-corrected chi connectivity index (χ1v) is 10.1. The maximum atomic E-state index is 12.7. The zero-order chi connectivity index (χ0) is 22.0. The number of hydrogen-bond acceptors (Lipinski definition) is 6. The lowest BCUT2D eigenvalue weighted by molar-refractivity contribution is 0.352. The van der Waals surface area contributed by atoms with E-state index in [-0.39, 0.29) is 18.0 Å². The molecule has 2 heterocycles. The van der Waals surface area contributed by atoms with Crippen LogP contribution in [0, 0.1) is 0 Å². The van der Waals surface area contributed by atoms with E-state index in [0.29, 0.717) is 24.5 Å². The molecule has 2 aromatic carbocycles. The van der Waals surface area contributed by atoms with Gasteiger partial charge in [-0.25, -0.2) is 4.79 Å². The predicted molar refractivity (Wildman–Crippen MR) is 116 cm³/mol. The minimum atomic E-state index is -0.634. The number of hydrogen-bond donors (Lipinski definition) is 3. The van der Waals surface area contributed by atoms with E-state index < -0.39 is 17.3 Å². The number of aromatic hydroxyl groups is 1. The smallest absolute Gasteiger partial charge is 0.331 e. The van der Waals surface area contributed by atoms with Gasteiger partial charge in [-0.05, 0) is 41.7 Å². The van der Waals surface area contributed by atoms with Gasteiger partial charge in [-0.1, -0.05) is 30.3 Å². The summed E-state index contributed by atoms with van der Waals surface area (Å²) in [6.07, 6.45) is 1.28. The number of H-pyrrole nitrogens is 1. The Morgan fingerprint density at radius 1 is 1.10 bits per heavy atom. The maximum absolute atomic E-state index is 12.7. The number of benzene rings is 2. The molecule has 162 valence electrons. The molecule has 0 aliphatic carbocycles. The van der Waals surface area contributed by atoms with E-state index in [1.807, 2.05) is 42.5 Å². The minimum absolute atomic E-state index is 0.112. The van der Waals surface area contributed by atoms with Crippen LogP contribution in [-0.2, 0) is 19.4 Å². The zero-order valence-electron chi connectivity index (χ0n) is 17.5. The van der Waals surface area contributed by atoms with Crippen molar-refractivity contribution in [3.8, 4) is 17.4 Å². The fourth-order valence-corrected chi connectivity index (χ4v) is 4.07. The fourth-order valence-electron chi connectivity index (χ4n) is 4.07. The predicted octanol–water partition coefficient (Wildman–Crippen LogP) is 1.74. The monoisotopic (exact) mass is 423 g/mol. The Morgan fingerprint density at radius 3 is 2.52 bits per heavy atom. The lowest BCUT2D eigenvalue weighted by Gasteiger charge is -2.28. The van der Waals surface area contributed by atoms with E-state index in [1.165, 1.54) is 4.57 Å². The third kappa shape index (κ3) is 3.94. The van der Waals surface area contributed by atoms with Crippen molar-refractivity contribution < 1.29 is 14.6 Å². The number of ether oxygens (including phenoxy) is 2. The molecule has 1 aromatic heterocycles. The molecule has 3 N–H and O–H groups in total. The van der Waals surface area contributed by atoms with E-state index >= 15 is 0 Å². The van der Waals surface area contributed by atoms with E-state index in [0.717, 1.165) is 23.1 Å². The molecular formula is C23H25N3O5. The number of fused-ring (bicyclic) bond motifs is 1. The van der Waals surface area contributed by atoms with Gasteiger partial charge in [0.15, 0.2) is 11.5 Å². The second-order valence-electron chi connectivity index (χ2n) is 7.43. The van der Waals surface area contributed by atoms with E-state index in [9.17, 15) is 14.7 Å². The van der Waals surface area contributed by atoms with Gasteiger partial charge in [0.25, 0.3) is 5.56 Å². The summed E-state index contributed by atoms with van der Waals surface area (Å²) in [5, 5.41) is 14.3. The lowest BCUT2D eigenvalue weighted by Crippen LogP contribution is -2.39. The summed E-state index contributed by atoms with van der Waals surface area (Å²) in [7, 11) is 3.12.